The van der Waals surface area contributed by atoms with Crippen LogP contribution in [0.4, 0.5) is 0 Å². The third kappa shape index (κ3) is 4.01. The first-order valence-corrected chi connectivity index (χ1v) is 6.22. The Morgan fingerprint density at radius 2 is 2.12 bits per heavy atom. The van der Waals surface area contributed by atoms with Crippen LogP contribution >= 0.6 is 15.9 Å². The van der Waals surface area contributed by atoms with Crippen LogP contribution in [0.1, 0.15) is 26.3 Å². The molecule has 1 nitrogen and oxygen atoms in total. The molecule has 0 heterocycles. The summed E-state index contributed by atoms with van der Waals surface area (Å²) in [5.74, 6) is 2.59. The third-order valence-electron chi connectivity index (χ3n) is 2.22. The molecule has 0 aliphatic heterocycles. The van der Waals surface area contributed by atoms with E-state index in [1.165, 1.54) is 0 Å². The Morgan fingerprint density at radius 1 is 1.44 bits per heavy atom. The highest BCUT2D eigenvalue weighted by molar-refractivity contribution is 9.10. The molecule has 1 aromatic rings. The molecule has 0 unspecified atom stereocenters. The first-order chi connectivity index (χ1) is 7.52. The van der Waals surface area contributed by atoms with Gasteiger partial charge < -0.3 is 4.74 Å². The van der Waals surface area contributed by atoms with Gasteiger partial charge in [-0.2, -0.15) is 0 Å². The standard InChI is InChI=1S/C14H18BrO/c1-5-11(4)12-6-13(15)8-14(7-12)16-9-10(2)3/h5-8,10H,1,9H2,2-4H3. The van der Waals surface area contributed by atoms with Gasteiger partial charge in [0.25, 0.3) is 0 Å². The summed E-state index contributed by atoms with van der Waals surface area (Å²) < 4.78 is 6.74. The molecular formula is C14H18BrO. The highest BCUT2D eigenvalue weighted by atomic mass is 79.9. The molecule has 0 aromatic heterocycles. The second kappa shape index (κ2) is 6.09. The Bertz CT molecular complexity index is 358. The SMILES string of the molecule is C=C[C](C)c1cc(Br)cc(OCC(C)C)c1. The summed E-state index contributed by atoms with van der Waals surface area (Å²) in [6.45, 7) is 10.8. The predicted octanol–water partition coefficient (Wildman–Crippen LogP) is 4.61. The van der Waals surface area contributed by atoms with Crippen molar-refractivity contribution >= 4 is 15.9 Å². The highest BCUT2D eigenvalue weighted by Crippen LogP contribution is 2.26. The summed E-state index contributed by atoms with van der Waals surface area (Å²) in [6, 6.07) is 6.10. The molecule has 1 radical (unpaired) electrons. The largest absolute Gasteiger partial charge is 0.493 e. The Hall–Kier alpha value is -0.760. The van der Waals surface area contributed by atoms with Crippen molar-refractivity contribution in [2.45, 2.75) is 20.8 Å². The fourth-order valence-electron chi connectivity index (χ4n) is 1.25. The Morgan fingerprint density at radius 3 is 2.69 bits per heavy atom. The van der Waals surface area contributed by atoms with Crippen LogP contribution in [0.2, 0.25) is 0 Å². The Labute approximate surface area is 107 Å². The molecule has 1 rings (SSSR count). The topological polar surface area (TPSA) is 9.23 Å². The van der Waals surface area contributed by atoms with Crippen molar-refractivity contribution < 1.29 is 4.74 Å². The molecule has 0 spiro atoms. The van der Waals surface area contributed by atoms with Crippen LogP contribution in [0.15, 0.2) is 35.3 Å². The van der Waals surface area contributed by atoms with Gasteiger partial charge in [-0.25, -0.2) is 0 Å². The molecular weight excluding hydrogens is 264 g/mol. The van der Waals surface area contributed by atoms with Crippen LogP contribution in [0.3, 0.4) is 0 Å². The maximum Gasteiger partial charge on any atom is 0.120 e. The van der Waals surface area contributed by atoms with Crippen LogP contribution < -0.4 is 4.74 Å². The summed E-state index contributed by atoms with van der Waals surface area (Å²) in [5.41, 5.74) is 1.14. The molecule has 1 aromatic carbocycles. The molecule has 0 aliphatic rings. The zero-order valence-electron chi connectivity index (χ0n) is 10.1. The van der Waals surface area contributed by atoms with E-state index in [0.29, 0.717) is 5.92 Å². The molecule has 2 heteroatoms. The summed E-state index contributed by atoms with van der Waals surface area (Å²) in [4.78, 5) is 0. The smallest absolute Gasteiger partial charge is 0.120 e. The zero-order chi connectivity index (χ0) is 12.1. The molecule has 16 heavy (non-hydrogen) atoms. The van der Waals surface area contributed by atoms with Crippen molar-refractivity contribution in [3.05, 3.63) is 46.8 Å². The van der Waals surface area contributed by atoms with E-state index >= 15 is 0 Å². The molecule has 0 fully saturated rings. The molecule has 0 saturated heterocycles. The van der Waals surface area contributed by atoms with Gasteiger partial charge in [0, 0.05) is 10.4 Å². The van der Waals surface area contributed by atoms with Gasteiger partial charge in [-0.15, -0.1) is 6.58 Å². The van der Waals surface area contributed by atoms with E-state index in [4.69, 9.17) is 4.74 Å². The Kier molecular flexibility index (Phi) is 5.07. The van der Waals surface area contributed by atoms with Gasteiger partial charge in [0.05, 0.1) is 6.61 Å². The lowest BCUT2D eigenvalue weighted by molar-refractivity contribution is 0.271. The number of hydrogen-bond donors (Lipinski definition) is 0. The fourth-order valence-corrected chi connectivity index (χ4v) is 1.73. The van der Waals surface area contributed by atoms with E-state index in [-0.39, 0.29) is 0 Å². The van der Waals surface area contributed by atoms with E-state index in [0.717, 1.165) is 28.3 Å². The second-order valence-electron chi connectivity index (χ2n) is 4.27. The predicted molar refractivity (Wildman–Crippen MR) is 72.7 cm³/mol. The van der Waals surface area contributed by atoms with Crippen LogP contribution in [-0.2, 0) is 0 Å². The summed E-state index contributed by atoms with van der Waals surface area (Å²) in [7, 11) is 0. The van der Waals surface area contributed by atoms with Crippen molar-refractivity contribution in [2.24, 2.45) is 5.92 Å². The normalized spacial score (nSPS) is 10.9. The molecule has 0 saturated carbocycles. The average molecular weight is 282 g/mol. The zero-order valence-corrected chi connectivity index (χ0v) is 11.7. The number of halogens is 1. The summed E-state index contributed by atoms with van der Waals surface area (Å²) in [6.07, 6.45) is 1.86. The lowest BCUT2D eigenvalue weighted by atomic mass is 10.0. The number of allylic oxidation sites excluding steroid dienone is 1. The van der Waals surface area contributed by atoms with Gasteiger partial charge in [-0.3, -0.25) is 0 Å². The lowest BCUT2D eigenvalue weighted by Crippen LogP contribution is -2.05. The number of benzene rings is 1. The monoisotopic (exact) mass is 281 g/mol. The Balaban J connectivity index is 2.85. The van der Waals surface area contributed by atoms with Crippen molar-refractivity contribution in [3.63, 3.8) is 0 Å². The maximum atomic E-state index is 5.71. The van der Waals surface area contributed by atoms with Crippen LogP contribution in [0, 0.1) is 11.8 Å². The molecule has 0 N–H and O–H groups in total. The van der Waals surface area contributed by atoms with Gasteiger partial charge in [-0.1, -0.05) is 42.8 Å². The van der Waals surface area contributed by atoms with Gasteiger partial charge in [0.15, 0.2) is 0 Å². The molecule has 87 valence electrons. The molecule has 0 amide bonds. The molecule has 0 bridgehead atoms. The minimum atomic E-state index is 0.534. The van der Waals surface area contributed by atoms with Crippen LogP contribution in [0.25, 0.3) is 0 Å². The average Bonchev–Trinajstić information content (AvgIpc) is 2.24. The first-order valence-electron chi connectivity index (χ1n) is 5.42. The van der Waals surface area contributed by atoms with Crippen LogP contribution in [0.5, 0.6) is 5.75 Å². The van der Waals surface area contributed by atoms with Gasteiger partial charge in [0.2, 0.25) is 0 Å². The van der Waals surface area contributed by atoms with E-state index in [2.05, 4.69) is 42.4 Å². The highest BCUT2D eigenvalue weighted by Gasteiger charge is 2.06. The van der Waals surface area contributed by atoms with Crippen molar-refractivity contribution in [1.29, 1.82) is 0 Å². The van der Waals surface area contributed by atoms with Gasteiger partial charge in [0.1, 0.15) is 5.75 Å². The first kappa shape index (κ1) is 13.3. The van der Waals surface area contributed by atoms with E-state index < -0.39 is 0 Å². The van der Waals surface area contributed by atoms with Gasteiger partial charge >= 0.3 is 0 Å². The number of rotatable bonds is 5. The minimum absolute atomic E-state index is 0.534. The molecule has 0 atom stereocenters. The number of hydrogen-bond acceptors (Lipinski definition) is 1. The lowest BCUT2D eigenvalue weighted by Gasteiger charge is -2.12. The van der Waals surface area contributed by atoms with Crippen LogP contribution in [-0.4, -0.2) is 6.61 Å². The third-order valence-corrected chi connectivity index (χ3v) is 2.67. The van der Waals surface area contributed by atoms with E-state index in [9.17, 15) is 0 Å². The fraction of sp³-hybridized carbons (Fsp3) is 0.357. The summed E-state index contributed by atoms with van der Waals surface area (Å²) >= 11 is 3.49. The maximum absolute atomic E-state index is 5.71. The summed E-state index contributed by atoms with van der Waals surface area (Å²) in [5, 5.41) is 0. The van der Waals surface area contributed by atoms with Crippen molar-refractivity contribution in [1.82, 2.24) is 0 Å². The van der Waals surface area contributed by atoms with Crippen molar-refractivity contribution in [3.8, 4) is 5.75 Å². The quantitative estimate of drug-likeness (QED) is 0.766. The number of ether oxygens (including phenoxy) is 1. The van der Waals surface area contributed by atoms with E-state index in [1.54, 1.807) is 0 Å². The van der Waals surface area contributed by atoms with E-state index in [1.807, 2.05) is 25.1 Å². The minimum Gasteiger partial charge on any atom is -0.493 e. The van der Waals surface area contributed by atoms with Crippen molar-refractivity contribution in [2.75, 3.05) is 6.61 Å². The molecule has 0 aliphatic carbocycles. The van der Waals surface area contributed by atoms with Gasteiger partial charge in [-0.05, 0) is 29.7 Å². The second-order valence-corrected chi connectivity index (χ2v) is 5.18.